The maximum atomic E-state index is 11.2. The summed E-state index contributed by atoms with van der Waals surface area (Å²) in [5.41, 5.74) is 4.41. The van der Waals surface area contributed by atoms with Crippen LogP contribution < -0.4 is 0 Å². The molecule has 0 bridgehead atoms. The number of carboxylic acid groups (broad SMARTS) is 1. The Kier molecular flexibility index (Phi) is 5.31. The molecule has 0 aliphatic heterocycles. The Labute approximate surface area is 143 Å². The molecule has 0 amide bonds. The van der Waals surface area contributed by atoms with Crippen LogP contribution >= 0.6 is 0 Å². The standard InChI is InChI=1S/C21H25NO2/c1-2-12-22(15-16-6-5-9-19(13-16)21(23)24)20-11-10-17-7-3-4-8-18(17)14-20/h3-9,13,20H,2,10-12,14-15H2,1H3,(H,23,24). The predicted molar refractivity (Wildman–Crippen MR) is 96.4 cm³/mol. The first-order valence-corrected chi connectivity index (χ1v) is 8.80. The number of aromatic carboxylic acids is 1. The van der Waals surface area contributed by atoms with Gasteiger partial charge in [-0.15, -0.1) is 0 Å². The van der Waals surface area contributed by atoms with Crippen LogP contribution in [0.3, 0.4) is 0 Å². The van der Waals surface area contributed by atoms with E-state index >= 15 is 0 Å². The van der Waals surface area contributed by atoms with Crippen LogP contribution in [0.25, 0.3) is 0 Å². The van der Waals surface area contributed by atoms with E-state index in [2.05, 4.69) is 36.1 Å². The van der Waals surface area contributed by atoms with Gasteiger partial charge in [0.15, 0.2) is 0 Å². The fraction of sp³-hybridized carbons (Fsp3) is 0.381. The van der Waals surface area contributed by atoms with Crippen molar-refractivity contribution in [2.75, 3.05) is 6.54 Å². The Morgan fingerprint density at radius 3 is 2.71 bits per heavy atom. The molecular weight excluding hydrogens is 298 g/mol. The number of benzene rings is 2. The summed E-state index contributed by atoms with van der Waals surface area (Å²) in [7, 11) is 0. The van der Waals surface area contributed by atoms with Crippen LogP contribution in [0.2, 0.25) is 0 Å². The van der Waals surface area contributed by atoms with Gasteiger partial charge in [-0.3, -0.25) is 4.90 Å². The molecule has 3 nitrogen and oxygen atoms in total. The van der Waals surface area contributed by atoms with Gasteiger partial charge in [-0.1, -0.05) is 43.3 Å². The summed E-state index contributed by atoms with van der Waals surface area (Å²) >= 11 is 0. The lowest BCUT2D eigenvalue weighted by molar-refractivity contribution is 0.0696. The van der Waals surface area contributed by atoms with Crippen LogP contribution in [0.5, 0.6) is 0 Å². The molecule has 24 heavy (non-hydrogen) atoms. The summed E-state index contributed by atoms with van der Waals surface area (Å²) in [5, 5.41) is 9.19. The van der Waals surface area contributed by atoms with Gasteiger partial charge in [-0.05, 0) is 61.1 Å². The Morgan fingerprint density at radius 2 is 1.96 bits per heavy atom. The van der Waals surface area contributed by atoms with Gasteiger partial charge >= 0.3 is 5.97 Å². The molecule has 0 fully saturated rings. The van der Waals surface area contributed by atoms with Crippen molar-refractivity contribution in [1.29, 1.82) is 0 Å². The number of carbonyl (C=O) groups is 1. The number of hydrogen-bond acceptors (Lipinski definition) is 2. The van der Waals surface area contributed by atoms with E-state index in [1.54, 1.807) is 6.07 Å². The van der Waals surface area contributed by atoms with Gasteiger partial charge in [-0.25, -0.2) is 4.79 Å². The lowest BCUT2D eigenvalue weighted by Gasteiger charge is -2.35. The summed E-state index contributed by atoms with van der Waals surface area (Å²) in [4.78, 5) is 13.7. The molecule has 1 aliphatic carbocycles. The molecule has 126 valence electrons. The SMILES string of the molecule is CCCN(Cc1cccc(C(=O)O)c1)C1CCc2ccccc2C1. The number of nitrogens with zero attached hydrogens (tertiary/aromatic N) is 1. The number of carboxylic acids is 1. The van der Waals surface area contributed by atoms with Gasteiger partial charge in [0, 0.05) is 12.6 Å². The van der Waals surface area contributed by atoms with Crippen LogP contribution in [0.15, 0.2) is 48.5 Å². The molecule has 0 saturated carbocycles. The number of rotatable bonds is 6. The molecule has 0 aromatic heterocycles. The molecule has 3 heteroatoms. The minimum Gasteiger partial charge on any atom is -0.478 e. The van der Waals surface area contributed by atoms with Gasteiger partial charge in [0.2, 0.25) is 0 Å². The fourth-order valence-corrected chi connectivity index (χ4v) is 3.71. The Morgan fingerprint density at radius 1 is 1.17 bits per heavy atom. The van der Waals surface area contributed by atoms with Crippen molar-refractivity contribution in [3.63, 3.8) is 0 Å². The van der Waals surface area contributed by atoms with Gasteiger partial charge in [0.25, 0.3) is 0 Å². The van der Waals surface area contributed by atoms with Crippen molar-refractivity contribution in [2.24, 2.45) is 0 Å². The molecule has 2 aromatic carbocycles. The van der Waals surface area contributed by atoms with E-state index in [4.69, 9.17) is 0 Å². The summed E-state index contributed by atoms with van der Waals surface area (Å²) in [6, 6.07) is 16.6. The third-order valence-electron chi connectivity index (χ3n) is 4.91. The van der Waals surface area contributed by atoms with Gasteiger partial charge in [0.05, 0.1) is 5.56 Å². The van der Waals surface area contributed by atoms with E-state index in [1.165, 1.54) is 17.5 Å². The number of hydrogen-bond donors (Lipinski definition) is 1. The van der Waals surface area contributed by atoms with Crippen molar-refractivity contribution in [3.05, 3.63) is 70.8 Å². The lowest BCUT2D eigenvalue weighted by atomic mass is 9.87. The van der Waals surface area contributed by atoms with Crippen LogP contribution in [-0.4, -0.2) is 28.6 Å². The average molecular weight is 323 g/mol. The van der Waals surface area contributed by atoms with Crippen LogP contribution in [0.1, 0.15) is 46.8 Å². The second-order valence-corrected chi connectivity index (χ2v) is 6.64. The third kappa shape index (κ3) is 3.85. The monoisotopic (exact) mass is 323 g/mol. The largest absolute Gasteiger partial charge is 0.478 e. The zero-order valence-electron chi connectivity index (χ0n) is 14.2. The molecule has 3 rings (SSSR count). The quantitative estimate of drug-likeness (QED) is 0.868. The van der Waals surface area contributed by atoms with E-state index in [9.17, 15) is 9.90 Å². The summed E-state index contributed by atoms with van der Waals surface area (Å²) < 4.78 is 0. The molecular formula is C21H25NO2. The molecule has 2 aromatic rings. The third-order valence-corrected chi connectivity index (χ3v) is 4.91. The highest BCUT2D eigenvalue weighted by atomic mass is 16.4. The minimum atomic E-state index is -0.856. The van der Waals surface area contributed by atoms with Crippen LogP contribution in [0.4, 0.5) is 0 Å². The average Bonchev–Trinajstić information content (AvgIpc) is 2.61. The second kappa shape index (κ2) is 7.63. The zero-order valence-corrected chi connectivity index (χ0v) is 14.2. The highest BCUT2D eigenvalue weighted by Crippen LogP contribution is 2.26. The highest BCUT2D eigenvalue weighted by molar-refractivity contribution is 5.87. The Hall–Kier alpha value is -2.13. The summed E-state index contributed by atoms with van der Waals surface area (Å²) in [5.74, 6) is -0.856. The molecule has 0 saturated heterocycles. The first-order valence-electron chi connectivity index (χ1n) is 8.80. The van der Waals surface area contributed by atoms with Gasteiger partial charge in [0.1, 0.15) is 0 Å². The minimum absolute atomic E-state index is 0.373. The van der Waals surface area contributed by atoms with Crippen LogP contribution in [0, 0.1) is 0 Å². The summed E-state index contributed by atoms with van der Waals surface area (Å²) in [6.45, 7) is 4.07. The molecule has 0 radical (unpaired) electrons. The van der Waals surface area contributed by atoms with Crippen molar-refractivity contribution in [1.82, 2.24) is 4.90 Å². The van der Waals surface area contributed by atoms with E-state index in [1.807, 2.05) is 18.2 Å². The van der Waals surface area contributed by atoms with Crippen molar-refractivity contribution in [3.8, 4) is 0 Å². The first kappa shape index (κ1) is 16.7. The second-order valence-electron chi connectivity index (χ2n) is 6.64. The van der Waals surface area contributed by atoms with Gasteiger partial charge in [-0.2, -0.15) is 0 Å². The lowest BCUT2D eigenvalue weighted by Crippen LogP contribution is -2.39. The number of aryl methyl sites for hydroxylation is 1. The smallest absolute Gasteiger partial charge is 0.335 e. The topological polar surface area (TPSA) is 40.5 Å². The van der Waals surface area contributed by atoms with Crippen molar-refractivity contribution >= 4 is 5.97 Å². The van der Waals surface area contributed by atoms with Crippen molar-refractivity contribution in [2.45, 2.75) is 45.2 Å². The van der Waals surface area contributed by atoms with Crippen molar-refractivity contribution < 1.29 is 9.90 Å². The Balaban J connectivity index is 1.76. The maximum Gasteiger partial charge on any atom is 0.335 e. The number of fused-ring (bicyclic) bond motifs is 1. The molecule has 0 heterocycles. The molecule has 0 spiro atoms. The fourth-order valence-electron chi connectivity index (χ4n) is 3.71. The van der Waals surface area contributed by atoms with E-state index in [0.29, 0.717) is 11.6 Å². The molecule has 1 unspecified atom stereocenters. The summed E-state index contributed by atoms with van der Waals surface area (Å²) in [6.07, 6.45) is 4.51. The van der Waals surface area contributed by atoms with E-state index in [-0.39, 0.29) is 0 Å². The first-order chi connectivity index (χ1) is 11.7. The maximum absolute atomic E-state index is 11.2. The Bertz CT molecular complexity index is 710. The van der Waals surface area contributed by atoms with Gasteiger partial charge < -0.3 is 5.11 Å². The van der Waals surface area contributed by atoms with E-state index in [0.717, 1.165) is 37.9 Å². The molecule has 1 N–H and O–H groups in total. The normalized spacial score (nSPS) is 16.8. The highest BCUT2D eigenvalue weighted by Gasteiger charge is 2.23. The molecule has 1 atom stereocenters. The molecule has 1 aliphatic rings. The van der Waals surface area contributed by atoms with E-state index < -0.39 is 5.97 Å². The zero-order chi connectivity index (χ0) is 16.9. The van der Waals surface area contributed by atoms with Crippen LogP contribution in [-0.2, 0) is 19.4 Å². The predicted octanol–water partition coefficient (Wildman–Crippen LogP) is 4.15.